The maximum atomic E-state index is 5.69. The van der Waals surface area contributed by atoms with E-state index in [0.717, 1.165) is 24.7 Å². The molecular weight excluding hydrogens is 250 g/mol. The summed E-state index contributed by atoms with van der Waals surface area (Å²) in [5.41, 5.74) is 6.25. The molecule has 1 saturated heterocycles. The van der Waals surface area contributed by atoms with Crippen molar-refractivity contribution >= 4 is 5.82 Å². The van der Waals surface area contributed by atoms with E-state index in [1.807, 2.05) is 6.07 Å². The smallest absolute Gasteiger partial charge is 0.137 e. The maximum absolute atomic E-state index is 5.69. The fourth-order valence-corrected chi connectivity index (χ4v) is 3.77. The van der Waals surface area contributed by atoms with Crippen molar-refractivity contribution in [2.45, 2.75) is 38.5 Å². The van der Waals surface area contributed by atoms with Crippen LogP contribution >= 0.6 is 0 Å². The number of rotatable bonds is 5. The fourth-order valence-electron chi connectivity index (χ4n) is 3.77. The SMILES string of the molecule is Nc1ccc(OCCCC2CC3(CCNCC3)C2)cn1. The Kier molecular flexibility index (Phi) is 4.10. The number of hydrogen-bond donors (Lipinski definition) is 2. The molecule has 110 valence electrons. The number of nitrogens with one attached hydrogen (secondary N) is 1. The average Bonchev–Trinajstić information content (AvgIpc) is 2.44. The summed E-state index contributed by atoms with van der Waals surface area (Å²) in [5.74, 6) is 2.29. The molecule has 1 saturated carbocycles. The van der Waals surface area contributed by atoms with E-state index in [1.165, 1.54) is 45.2 Å². The van der Waals surface area contributed by atoms with Gasteiger partial charge in [-0.1, -0.05) is 0 Å². The maximum Gasteiger partial charge on any atom is 0.137 e. The summed E-state index contributed by atoms with van der Waals surface area (Å²) in [6.07, 6.45) is 9.80. The van der Waals surface area contributed by atoms with Gasteiger partial charge in [0.1, 0.15) is 11.6 Å². The predicted molar refractivity (Wildman–Crippen MR) is 80.6 cm³/mol. The summed E-state index contributed by atoms with van der Waals surface area (Å²) in [4.78, 5) is 4.02. The standard InChI is InChI=1S/C16H25N3O/c17-15-4-3-14(12-19-15)20-9-1-2-13-10-16(11-13)5-7-18-8-6-16/h3-4,12-13,18H,1-2,5-11H2,(H2,17,19). The molecule has 2 fully saturated rings. The number of nitrogens with two attached hydrogens (primary N) is 1. The molecule has 1 aliphatic heterocycles. The zero-order chi connectivity index (χ0) is 13.8. The molecule has 0 unspecified atom stereocenters. The summed E-state index contributed by atoms with van der Waals surface area (Å²) in [6.45, 7) is 3.23. The van der Waals surface area contributed by atoms with Crippen LogP contribution in [0.15, 0.2) is 18.3 Å². The molecule has 1 aromatic heterocycles. The van der Waals surface area contributed by atoms with Crippen molar-refractivity contribution in [1.82, 2.24) is 10.3 Å². The predicted octanol–water partition coefficient (Wildman–Crippen LogP) is 2.60. The van der Waals surface area contributed by atoms with E-state index < -0.39 is 0 Å². The molecule has 2 aliphatic rings. The van der Waals surface area contributed by atoms with Gasteiger partial charge in [-0.05, 0) is 75.1 Å². The summed E-state index contributed by atoms with van der Waals surface area (Å²) < 4.78 is 5.69. The normalized spacial score (nSPS) is 21.6. The first-order valence-corrected chi connectivity index (χ1v) is 7.81. The van der Waals surface area contributed by atoms with E-state index in [1.54, 1.807) is 12.3 Å². The molecule has 3 N–H and O–H groups in total. The van der Waals surface area contributed by atoms with Crippen LogP contribution in [-0.2, 0) is 0 Å². The van der Waals surface area contributed by atoms with E-state index >= 15 is 0 Å². The Morgan fingerprint density at radius 1 is 1.30 bits per heavy atom. The van der Waals surface area contributed by atoms with Crippen molar-refractivity contribution in [3.05, 3.63) is 18.3 Å². The molecule has 0 bridgehead atoms. The molecule has 0 atom stereocenters. The van der Waals surface area contributed by atoms with Gasteiger partial charge in [0.2, 0.25) is 0 Å². The highest BCUT2D eigenvalue weighted by molar-refractivity contribution is 5.32. The van der Waals surface area contributed by atoms with Crippen LogP contribution in [0.25, 0.3) is 0 Å². The number of anilines is 1. The zero-order valence-corrected chi connectivity index (χ0v) is 12.1. The first-order valence-electron chi connectivity index (χ1n) is 7.81. The van der Waals surface area contributed by atoms with Gasteiger partial charge in [0.15, 0.2) is 0 Å². The van der Waals surface area contributed by atoms with Crippen molar-refractivity contribution in [1.29, 1.82) is 0 Å². The highest BCUT2D eigenvalue weighted by Gasteiger charge is 2.43. The van der Waals surface area contributed by atoms with E-state index in [4.69, 9.17) is 10.5 Å². The van der Waals surface area contributed by atoms with Crippen molar-refractivity contribution in [2.24, 2.45) is 11.3 Å². The molecule has 1 aromatic rings. The van der Waals surface area contributed by atoms with Crippen LogP contribution in [0.3, 0.4) is 0 Å². The Morgan fingerprint density at radius 2 is 2.10 bits per heavy atom. The van der Waals surface area contributed by atoms with Gasteiger partial charge < -0.3 is 15.8 Å². The van der Waals surface area contributed by atoms with E-state index in [-0.39, 0.29) is 0 Å². The zero-order valence-electron chi connectivity index (χ0n) is 12.1. The molecule has 0 amide bonds. The quantitative estimate of drug-likeness (QED) is 0.811. The minimum absolute atomic E-state index is 0.541. The van der Waals surface area contributed by atoms with Gasteiger partial charge in [-0.25, -0.2) is 4.98 Å². The first kappa shape index (κ1) is 13.7. The number of hydrogen-bond acceptors (Lipinski definition) is 4. The molecule has 2 heterocycles. The number of ether oxygens (including phenoxy) is 1. The van der Waals surface area contributed by atoms with Crippen LogP contribution in [0.2, 0.25) is 0 Å². The molecule has 20 heavy (non-hydrogen) atoms. The van der Waals surface area contributed by atoms with Crippen LogP contribution in [0.1, 0.15) is 38.5 Å². The summed E-state index contributed by atoms with van der Waals surface area (Å²) in [6, 6.07) is 3.66. The van der Waals surface area contributed by atoms with Gasteiger partial charge in [0.05, 0.1) is 12.8 Å². The molecule has 0 aromatic carbocycles. The third-order valence-corrected chi connectivity index (χ3v) is 4.89. The Morgan fingerprint density at radius 3 is 2.80 bits per heavy atom. The van der Waals surface area contributed by atoms with Gasteiger partial charge in [-0.3, -0.25) is 0 Å². The Hall–Kier alpha value is -1.29. The largest absolute Gasteiger partial charge is 0.492 e. The average molecular weight is 275 g/mol. The van der Waals surface area contributed by atoms with Crippen molar-refractivity contribution < 1.29 is 4.74 Å². The van der Waals surface area contributed by atoms with E-state index in [9.17, 15) is 0 Å². The van der Waals surface area contributed by atoms with Crippen LogP contribution in [0.4, 0.5) is 5.82 Å². The van der Waals surface area contributed by atoms with Crippen molar-refractivity contribution in [3.8, 4) is 5.75 Å². The van der Waals surface area contributed by atoms with Gasteiger partial charge in [0.25, 0.3) is 0 Å². The van der Waals surface area contributed by atoms with Crippen LogP contribution in [0.5, 0.6) is 5.75 Å². The fraction of sp³-hybridized carbons (Fsp3) is 0.688. The lowest BCUT2D eigenvalue weighted by Crippen LogP contribution is -2.45. The highest BCUT2D eigenvalue weighted by Crippen LogP contribution is 2.52. The Labute approximate surface area is 121 Å². The number of piperidine rings is 1. The van der Waals surface area contributed by atoms with Crippen LogP contribution in [-0.4, -0.2) is 24.7 Å². The highest BCUT2D eigenvalue weighted by atomic mass is 16.5. The topological polar surface area (TPSA) is 60.2 Å². The van der Waals surface area contributed by atoms with Gasteiger partial charge in [-0.15, -0.1) is 0 Å². The van der Waals surface area contributed by atoms with E-state index in [2.05, 4.69) is 10.3 Å². The second-order valence-corrected chi connectivity index (χ2v) is 6.43. The molecule has 3 rings (SSSR count). The lowest BCUT2D eigenvalue weighted by molar-refractivity contribution is 0.0149. The Bertz CT molecular complexity index is 418. The molecular formula is C16H25N3O. The van der Waals surface area contributed by atoms with Crippen LogP contribution in [0, 0.1) is 11.3 Å². The summed E-state index contributed by atoms with van der Waals surface area (Å²) in [5, 5.41) is 3.46. The number of nitrogen functional groups attached to an aromatic ring is 1. The lowest BCUT2D eigenvalue weighted by Gasteiger charge is -2.50. The third-order valence-electron chi connectivity index (χ3n) is 4.89. The minimum Gasteiger partial charge on any atom is -0.492 e. The number of pyridine rings is 1. The minimum atomic E-state index is 0.541. The van der Waals surface area contributed by atoms with Crippen molar-refractivity contribution in [3.63, 3.8) is 0 Å². The molecule has 4 heteroatoms. The molecule has 1 aliphatic carbocycles. The van der Waals surface area contributed by atoms with E-state index in [0.29, 0.717) is 11.2 Å². The lowest BCUT2D eigenvalue weighted by atomic mass is 9.57. The van der Waals surface area contributed by atoms with Gasteiger partial charge >= 0.3 is 0 Å². The number of nitrogens with zero attached hydrogens (tertiary/aromatic N) is 1. The van der Waals surface area contributed by atoms with Crippen molar-refractivity contribution in [2.75, 3.05) is 25.4 Å². The first-order chi connectivity index (χ1) is 9.76. The second-order valence-electron chi connectivity index (χ2n) is 6.43. The summed E-state index contributed by atoms with van der Waals surface area (Å²) >= 11 is 0. The number of aromatic nitrogens is 1. The second kappa shape index (κ2) is 6.00. The van der Waals surface area contributed by atoms with Gasteiger partial charge in [0, 0.05) is 0 Å². The molecule has 1 spiro atoms. The summed E-state index contributed by atoms with van der Waals surface area (Å²) in [7, 11) is 0. The Balaban J connectivity index is 1.30. The van der Waals surface area contributed by atoms with Crippen LogP contribution < -0.4 is 15.8 Å². The molecule has 0 radical (unpaired) electrons. The monoisotopic (exact) mass is 275 g/mol. The third kappa shape index (κ3) is 3.23. The van der Waals surface area contributed by atoms with Gasteiger partial charge in [-0.2, -0.15) is 0 Å². The molecule has 4 nitrogen and oxygen atoms in total.